The molecule has 4 nitrogen and oxygen atoms in total. The Morgan fingerprint density at radius 1 is 1.44 bits per heavy atom. The normalized spacial score (nSPS) is 25.3. The number of hydrogen-bond acceptors (Lipinski definition) is 3. The summed E-state index contributed by atoms with van der Waals surface area (Å²) in [6.07, 6.45) is 3.50. The Kier molecular flexibility index (Phi) is 3.97. The van der Waals surface area contributed by atoms with Crippen LogP contribution in [0.15, 0.2) is 4.99 Å². The van der Waals surface area contributed by atoms with E-state index >= 15 is 0 Å². The molecular weight excluding hydrogens is 222 g/mol. The van der Waals surface area contributed by atoms with Crippen molar-refractivity contribution < 1.29 is 4.74 Å². The van der Waals surface area contributed by atoms with Gasteiger partial charge in [-0.1, -0.05) is 0 Å². The third kappa shape index (κ3) is 2.63. The Morgan fingerprint density at radius 3 is 2.62 bits per heavy atom. The topological polar surface area (TPSA) is 50.9 Å². The molecule has 2 aliphatic rings. The number of methoxy groups -OCH3 is 1. The number of ether oxygens (including phenoxy) is 1. The van der Waals surface area contributed by atoms with Crippen LogP contribution >= 0.6 is 11.8 Å². The van der Waals surface area contributed by atoms with E-state index in [9.17, 15) is 0 Å². The molecule has 2 fully saturated rings. The van der Waals surface area contributed by atoms with Crippen LogP contribution in [0.4, 0.5) is 0 Å². The molecule has 1 aliphatic heterocycles. The monoisotopic (exact) mass is 243 g/mol. The summed E-state index contributed by atoms with van der Waals surface area (Å²) in [5, 5.41) is 0. The Balaban J connectivity index is 1.85. The average Bonchev–Trinajstić information content (AvgIpc) is 2.29. The van der Waals surface area contributed by atoms with Crippen LogP contribution in [0.5, 0.6) is 0 Å². The fourth-order valence-corrected chi connectivity index (χ4v) is 3.02. The Morgan fingerprint density at radius 2 is 2.12 bits per heavy atom. The van der Waals surface area contributed by atoms with E-state index in [0.29, 0.717) is 5.96 Å². The first-order chi connectivity index (χ1) is 7.76. The van der Waals surface area contributed by atoms with Gasteiger partial charge in [0, 0.05) is 31.7 Å². The molecule has 1 aliphatic carbocycles. The van der Waals surface area contributed by atoms with E-state index in [4.69, 9.17) is 10.5 Å². The first-order valence-electron chi connectivity index (χ1n) is 5.93. The number of nitrogens with two attached hydrogens (primary N) is 1. The first kappa shape index (κ1) is 12.0. The predicted molar refractivity (Wildman–Crippen MR) is 69.0 cm³/mol. The quantitative estimate of drug-likeness (QED) is 0.591. The van der Waals surface area contributed by atoms with Gasteiger partial charge in [-0.25, -0.2) is 0 Å². The molecule has 0 amide bonds. The maximum absolute atomic E-state index is 6.00. The van der Waals surface area contributed by atoms with Gasteiger partial charge in [0.2, 0.25) is 0 Å². The van der Waals surface area contributed by atoms with Crippen LogP contribution in [0.2, 0.25) is 0 Å². The number of hydrogen-bond donors (Lipinski definition) is 1. The molecule has 1 heterocycles. The third-order valence-corrected chi connectivity index (χ3v) is 4.50. The molecule has 1 saturated heterocycles. The number of thioether (sulfide) groups is 1. The van der Waals surface area contributed by atoms with Crippen molar-refractivity contribution in [3.63, 3.8) is 0 Å². The van der Waals surface area contributed by atoms with Crippen LogP contribution in [0.25, 0.3) is 0 Å². The summed E-state index contributed by atoms with van der Waals surface area (Å²) in [5.74, 6) is 3.01. The standard InChI is InChI=1S/C11H21N3OS/c1-15-11(3-2-4-11)9-13-10(12)14-5-7-16-8-6-14/h2-9H2,1H3,(H2,12,13). The number of aliphatic imine (C=N–C) groups is 1. The van der Waals surface area contributed by atoms with Crippen LogP contribution < -0.4 is 5.73 Å². The second-order valence-corrected chi connectivity index (χ2v) is 5.74. The fourth-order valence-electron chi connectivity index (χ4n) is 2.12. The minimum Gasteiger partial charge on any atom is -0.376 e. The van der Waals surface area contributed by atoms with Gasteiger partial charge >= 0.3 is 0 Å². The van der Waals surface area contributed by atoms with Crippen LogP contribution in [-0.4, -0.2) is 54.7 Å². The van der Waals surface area contributed by atoms with Crippen LogP contribution in [0.3, 0.4) is 0 Å². The van der Waals surface area contributed by atoms with E-state index in [0.717, 1.165) is 44.0 Å². The molecule has 1 saturated carbocycles. The summed E-state index contributed by atoms with van der Waals surface area (Å²) in [7, 11) is 1.78. The lowest BCUT2D eigenvalue weighted by atomic mass is 9.80. The van der Waals surface area contributed by atoms with Crippen molar-refractivity contribution in [1.82, 2.24) is 4.90 Å². The van der Waals surface area contributed by atoms with Crippen LogP contribution in [-0.2, 0) is 4.74 Å². The third-order valence-electron chi connectivity index (χ3n) is 3.56. The molecule has 0 radical (unpaired) electrons. The lowest BCUT2D eigenvalue weighted by Gasteiger charge is -2.39. The molecule has 0 unspecified atom stereocenters. The highest BCUT2D eigenvalue weighted by atomic mass is 32.2. The Labute approximate surface area is 102 Å². The van der Waals surface area contributed by atoms with E-state index in [1.54, 1.807) is 7.11 Å². The van der Waals surface area contributed by atoms with E-state index in [2.05, 4.69) is 9.89 Å². The maximum Gasteiger partial charge on any atom is 0.191 e. The van der Waals surface area contributed by atoms with Gasteiger partial charge in [-0.2, -0.15) is 11.8 Å². The molecule has 92 valence electrons. The fraction of sp³-hybridized carbons (Fsp3) is 0.909. The minimum absolute atomic E-state index is 0.00480. The summed E-state index contributed by atoms with van der Waals surface area (Å²) in [5.41, 5.74) is 6.00. The van der Waals surface area contributed by atoms with E-state index < -0.39 is 0 Å². The number of guanidine groups is 1. The average molecular weight is 243 g/mol. The van der Waals surface area contributed by atoms with Gasteiger partial charge in [0.05, 0.1) is 12.1 Å². The highest BCUT2D eigenvalue weighted by Crippen LogP contribution is 2.35. The van der Waals surface area contributed by atoms with Gasteiger partial charge in [-0.3, -0.25) is 4.99 Å². The van der Waals surface area contributed by atoms with Gasteiger partial charge in [-0.15, -0.1) is 0 Å². The zero-order valence-corrected chi connectivity index (χ0v) is 10.8. The SMILES string of the molecule is COC1(CN=C(N)N2CCSCC2)CCC1. The Bertz CT molecular complexity index is 254. The van der Waals surface area contributed by atoms with Crippen molar-refractivity contribution in [2.75, 3.05) is 38.2 Å². The summed E-state index contributed by atoms with van der Waals surface area (Å²) in [6.45, 7) is 2.78. The van der Waals surface area contributed by atoms with Crippen molar-refractivity contribution in [2.45, 2.75) is 24.9 Å². The molecule has 0 bridgehead atoms. The van der Waals surface area contributed by atoms with E-state index in [-0.39, 0.29) is 5.60 Å². The van der Waals surface area contributed by atoms with Gasteiger partial charge in [-0.05, 0) is 19.3 Å². The Hall–Kier alpha value is -0.420. The maximum atomic E-state index is 6.00. The lowest BCUT2D eigenvalue weighted by Crippen LogP contribution is -2.46. The summed E-state index contributed by atoms with van der Waals surface area (Å²) in [4.78, 5) is 6.68. The largest absolute Gasteiger partial charge is 0.376 e. The predicted octanol–water partition coefficient (Wildman–Crippen LogP) is 0.919. The second-order valence-electron chi connectivity index (χ2n) is 4.51. The van der Waals surface area contributed by atoms with Crippen molar-refractivity contribution in [3.05, 3.63) is 0 Å². The van der Waals surface area contributed by atoms with Crippen molar-refractivity contribution in [1.29, 1.82) is 0 Å². The molecule has 0 aromatic carbocycles. The molecule has 0 atom stereocenters. The molecule has 2 N–H and O–H groups in total. The lowest BCUT2D eigenvalue weighted by molar-refractivity contribution is -0.0631. The number of nitrogens with zero attached hydrogens (tertiary/aromatic N) is 2. The van der Waals surface area contributed by atoms with Gasteiger partial charge < -0.3 is 15.4 Å². The zero-order chi connectivity index (χ0) is 11.4. The molecule has 5 heteroatoms. The minimum atomic E-state index is -0.00480. The van der Waals surface area contributed by atoms with Crippen LogP contribution in [0.1, 0.15) is 19.3 Å². The van der Waals surface area contributed by atoms with Crippen molar-refractivity contribution in [3.8, 4) is 0 Å². The molecule has 0 aromatic heterocycles. The van der Waals surface area contributed by atoms with E-state index in [1.165, 1.54) is 6.42 Å². The molecule has 0 spiro atoms. The second kappa shape index (κ2) is 5.27. The van der Waals surface area contributed by atoms with Crippen molar-refractivity contribution in [2.24, 2.45) is 10.7 Å². The zero-order valence-electron chi connectivity index (χ0n) is 9.95. The first-order valence-corrected chi connectivity index (χ1v) is 7.09. The summed E-state index contributed by atoms with van der Waals surface area (Å²) >= 11 is 1.98. The van der Waals surface area contributed by atoms with Gasteiger partial charge in [0.25, 0.3) is 0 Å². The van der Waals surface area contributed by atoms with Crippen LogP contribution in [0, 0.1) is 0 Å². The summed E-state index contributed by atoms with van der Waals surface area (Å²) < 4.78 is 5.53. The highest BCUT2D eigenvalue weighted by Gasteiger charge is 2.36. The van der Waals surface area contributed by atoms with Crippen molar-refractivity contribution >= 4 is 17.7 Å². The number of rotatable bonds is 3. The molecular formula is C11H21N3OS. The van der Waals surface area contributed by atoms with E-state index in [1.807, 2.05) is 11.8 Å². The molecule has 16 heavy (non-hydrogen) atoms. The smallest absolute Gasteiger partial charge is 0.191 e. The molecule has 0 aromatic rings. The van der Waals surface area contributed by atoms with Gasteiger partial charge in [0.1, 0.15) is 0 Å². The summed E-state index contributed by atoms with van der Waals surface area (Å²) in [6, 6.07) is 0. The molecule has 2 rings (SSSR count). The highest BCUT2D eigenvalue weighted by molar-refractivity contribution is 7.99. The van der Waals surface area contributed by atoms with Gasteiger partial charge in [0.15, 0.2) is 5.96 Å².